The summed E-state index contributed by atoms with van der Waals surface area (Å²) in [6.45, 7) is 0. The zero-order valence-electron chi connectivity index (χ0n) is 9.84. The topological polar surface area (TPSA) is 26.0 Å². The quantitative estimate of drug-likeness (QED) is 0.739. The fraction of sp³-hybridized carbons (Fsp3) is 0.143. The van der Waals surface area contributed by atoms with E-state index in [1.807, 2.05) is 12.1 Å². The van der Waals surface area contributed by atoms with Gasteiger partial charge in [-0.15, -0.1) is 0 Å². The van der Waals surface area contributed by atoms with Crippen molar-refractivity contribution in [1.29, 1.82) is 0 Å². The molecule has 2 aromatic rings. The summed E-state index contributed by atoms with van der Waals surface area (Å²) in [5.74, 6) is -0.256. The van der Waals surface area contributed by atoms with Gasteiger partial charge in [0, 0.05) is 15.0 Å². The maximum Gasteiger partial charge on any atom is 0.127 e. The van der Waals surface area contributed by atoms with Crippen molar-refractivity contribution in [3.63, 3.8) is 0 Å². The minimum atomic E-state index is -0.290. The molecule has 19 heavy (non-hydrogen) atoms. The SMILES string of the molecule is NC(Cc1ccc(Br)cc1F)c1ccc(Br)c(Cl)c1. The molecule has 0 spiro atoms. The van der Waals surface area contributed by atoms with Gasteiger partial charge in [-0.1, -0.05) is 39.7 Å². The molecule has 5 heteroatoms. The van der Waals surface area contributed by atoms with Crippen molar-refractivity contribution >= 4 is 43.5 Å². The van der Waals surface area contributed by atoms with Crippen molar-refractivity contribution in [1.82, 2.24) is 0 Å². The highest BCUT2D eigenvalue weighted by molar-refractivity contribution is 9.10. The van der Waals surface area contributed by atoms with Crippen molar-refractivity contribution in [2.24, 2.45) is 5.73 Å². The van der Waals surface area contributed by atoms with Gasteiger partial charge in [-0.3, -0.25) is 0 Å². The molecule has 0 aromatic heterocycles. The van der Waals surface area contributed by atoms with E-state index in [9.17, 15) is 4.39 Å². The Morgan fingerprint density at radius 3 is 2.53 bits per heavy atom. The van der Waals surface area contributed by atoms with E-state index >= 15 is 0 Å². The highest BCUT2D eigenvalue weighted by Crippen LogP contribution is 2.27. The van der Waals surface area contributed by atoms with E-state index in [-0.39, 0.29) is 11.9 Å². The molecule has 0 aliphatic carbocycles. The Morgan fingerprint density at radius 2 is 1.89 bits per heavy atom. The summed E-state index contributed by atoms with van der Waals surface area (Å²) >= 11 is 12.6. The maximum atomic E-state index is 13.8. The van der Waals surface area contributed by atoms with E-state index in [4.69, 9.17) is 17.3 Å². The lowest BCUT2D eigenvalue weighted by atomic mass is 9.99. The molecule has 0 aliphatic heterocycles. The minimum Gasteiger partial charge on any atom is -0.324 e. The first kappa shape index (κ1) is 15.0. The highest BCUT2D eigenvalue weighted by atomic mass is 79.9. The van der Waals surface area contributed by atoms with Crippen LogP contribution in [0.3, 0.4) is 0 Å². The molecule has 0 saturated carbocycles. The normalized spacial score (nSPS) is 12.5. The lowest BCUT2D eigenvalue weighted by Crippen LogP contribution is -2.14. The van der Waals surface area contributed by atoms with Crippen molar-refractivity contribution in [3.05, 3.63) is 67.3 Å². The van der Waals surface area contributed by atoms with Crippen LogP contribution in [0.5, 0.6) is 0 Å². The van der Waals surface area contributed by atoms with Crippen molar-refractivity contribution in [3.8, 4) is 0 Å². The number of benzene rings is 2. The lowest BCUT2D eigenvalue weighted by molar-refractivity contribution is 0.592. The first-order valence-corrected chi connectivity index (χ1v) is 7.58. The van der Waals surface area contributed by atoms with Crippen LogP contribution >= 0.6 is 43.5 Å². The molecule has 0 radical (unpaired) electrons. The molecule has 1 unspecified atom stereocenters. The first-order chi connectivity index (χ1) is 8.97. The Bertz CT molecular complexity index is 604. The molecule has 2 rings (SSSR count). The minimum absolute atomic E-state index is 0.256. The van der Waals surface area contributed by atoms with E-state index in [0.29, 0.717) is 21.5 Å². The van der Waals surface area contributed by atoms with E-state index < -0.39 is 0 Å². The Labute approximate surface area is 133 Å². The smallest absolute Gasteiger partial charge is 0.127 e. The number of rotatable bonds is 3. The summed E-state index contributed by atoms with van der Waals surface area (Å²) in [6.07, 6.45) is 0.428. The second-order valence-corrected chi connectivity index (χ2v) is 6.40. The summed E-state index contributed by atoms with van der Waals surface area (Å²) < 4.78 is 15.3. The van der Waals surface area contributed by atoms with Crippen LogP contribution in [0.1, 0.15) is 17.2 Å². The highest BCUT2D eigenvalue weighted by Gasteiger charge is 2.12. The van der Waals surface area contributed by atoms with Gasteiger partial charge in [0.2, 0.25) is 0 Å². The van der Waals surface area contributed by atoms with Crippen molar-refractivity contribution in [2.45, 2.75) is 12.5 Å². The first-order valence-electron chi connectivity index (χ1n) is 5.62. The molecule has 2 aromatic carbocycles. The van der Waals surface area contributed by atoms with Gasteiger partial charge in [0.15, 0.2) is 0 Å². The van der Waals surface area contributed by atoms with Crippen LogP contribution in [0, 0.1) is 5.82 Å². The van der Waals surface area contributed by atoms with Gasteiger partial charge < -0.3 is 5.73 Å². The third kappa shape index (κ3) is 3.78. The third-order valence-electron chi connectivity index (χ3n) is 2.83. The molecular weight excluding hydrogens is 396 g/mol. The number of hydrogen-bond donors (Lipinski definition) is 1. The Hall–Kier alpha value is -0.420. The molecule has 0 heterocycles. The molecule has 0 aliphatic rings. The monoisotopic (exact) mass is 405 g/mol. The van der Waals surface area contributed by atoms with E-state index in [2.05, 4.69) is 31.9 Å². The molecule has 1 nitrogen and oxygen atoms in total. The molecule has 2 N–H and O–H groups in total. The van der Waals surface area contributed by atoms with Gasteiger partial charge >= 0.3 is 0 Å². The third-order valence-corrected chi connectivity index (χ3v) is 4.55. The summed E-state index contributed by atoms with van der Waals surface area (Å²) in [6, 6.07) is 10.2. The fourth-order valence-electron chi connectivity index (χ4n) is 1.79. The summed E-state index contributed by atoms with van der Waals surface area (Å²) in [7, 11) is 0. The number of nitrogens with two attached hydrogens (primary N) is 1. The van der Waals surface area contributed by atoms with Gasteiger partial charge in [-0.25, -0.2) is 4.39 Å². The average molecular weight is 408 g/mol. The average Bonchev–Trinajstić information content (AvgIpc) is 2.36. The predicted molar refractivity (Wildman–Crippen MR) is 83.9 cm³/mol. The van der Waals surface area contributed by atoms with Gasteiger partial charge in [0.05, 0.1) is 5.02 Å². The van der Waals surface area contributed by atoms with Crippen LogP contribution in [-0.4, -0.2) is 0 Å². The molecule has 0 saturated heterocycles. The molecule has 0 bridgehead atoms. The fourth-order valence-corrected chi connectivity index (χ4v) is 2.55. The molecule has 0 amide bonds. The Morgan fingerprint density at radius 1 is 1.16 bits per heavy atom. The van der Waals surface area contributed by atoms with E-state index in [0.717, 1.165) is 10.0 Å². The molecule has 1 atom stereocenters. The van der Waals surface area contributed by atoms with Crippen molar-refractivity contribution < 1.29 is 4.39 Å². The largest absolute Gasteiger partial charge is 0.324 e. The zero-order valence-corrected chi connectivity index (χ0v) is 13.8. The molecule has 0 fully saturated rings. The summed E-state index contributed by atoms with van der Waals surface area (Å²) in [5, 5.41) is 0.601. The Balaban J connectivity index is 2.20. The van der Waals surface area contributed by atoms with Gasteiger partial charge in [0.1, 0.15) is 5.82 Å². The van der Waals surface area contributed by atoms with Crippen LogP contribution in [-0.2, 0) is 6.42 Å². The van der Waals surface area contributed by atoms with Gasteiger partial charge in [-0.05, 0) is 57.7 Å². The lowest BCUT2D eigenvalue weighted by Gasteiger charge is -2.13. The number of halogens is 4. The number of hydrogen-bond acceptors (Lipinski definition) is 1. The van der Waals surface area contributed by atoms with Crippen molar-refractivity contribution in [2.75, 3.05) is 0 Å². The zero-order chi connectivity index (χ0) is 14.0. The second-order valence-electron chi connectivity index (χ2n) is 4.22. The van der Waals surface area contributed by atoms with E-state index in [1.165, 1.54) is 6.07 Å². The van der Waals surface area contributed by atoms with E-state index in [1.54, 1.807) is 18.2 Å². The molecule has 100 valence electrons. The van der Waals surface area contributed by atoms with Gasteiger partial charge in [-0.2, -0.15) is 0 Å². The second kappa shape index (κ2) is 6.35. The van der Waals surface area contributed by atoms with Crippen LogP contribution in [0.4, 0.5) is 4.39 Å². The summed E-state index contributed by atoms with van der Waals surface area (Å²) in [5.41, 5.74) is 7.58. The van der Waals surface area contributed by atoms with Crippen LogP contribution in [0.25, 0.3) is 0 Å². The maximum absolute atomic E-state index is 13.8. The van der Waals surface area contributed by atoms with Crippen LogP contribution in [0.15, 0.2) is 45.3 Å². The standard InChI is InChI=1S/C14H11Br2ClFN/c15-10-3-1-8(13(18)7-10)6-14(19)9-2-4-11(16)12(17)5-9/h1-5,7,14H,6,19H2. The molecular formula is C14H11Br2ClFN. The van der Waals surface area contributed by atoms with Crippen LogP contribution in [0.2, 0.25) is 5.02 Å². The predicted octanol–water partition coefficient (Wildman–Crippen LogP) is 5.25. The Kier molecular flexibility index (Phi) is 5.01. The summed E-state index contributed by atoms with van der Waals surface area (Å²) in [4.78, 5) is 0. The van der Waals surface area contributed by atoms with Gasteiger partial charge in [0.25, 0.3) is 0 Å². The van der Waals surface area contributed by atoms with Crippen LogP contribution < -0.4 is 5.73 Å².